The van der Waals surface area contributed by atoms with Crippen molar-refractivity contribution in [3.63, 3.8) is 0 Å². The van der Waals surface area contributed by atoms with Gasteiger partial charge in [0.05, 0.1) is 41.7 Å². The minimum Gasteiger partial charge on any atom is -0.496 e. The van der Waals surface area contributed by atoms with E-state index in [4.69, 9.17) is 4.74 Å². The molecule has 0 aliphatic carbocycles. The first-order valence-electron chi connectivity index (χ1n) is 10.5. The zero-order valence-electron chi connectivity index (χ0n) is 18.7. The Hall–Kier alpha value is -3.94. The normalized spacial score (nSPS) is 11.5. The smallest absolute Gasteiger partial charge is 0.333 e. The summed E-state index contributed by atoms with van der Waals surface area (Å²) in [6, 6.07) is 3.96. The van der Waals surface area contributed by atoms with Gasteiger partial charge in [0.1, 0.15) is 5.75 Å². The van der Waals surface area contributed by atoms with Crippen molar-refractivity contribution >= 4 is 21.9 Å². The lowest BCUT2D eigenvalue weighted by Crippen LogP contribution is -2.22. The van der Waals surface area contributed by atoms with Crippen molar-refractivity contribution in [3.05, 3.63) is 64.7 Å². The van der Waals surface area contributed by atoms with Crippen LogP contribution in [0.5, 0.6) is 5.75 Å². The molecule has 5 aromatic rings. The fourth-order valence-corrected chi connectivity index (χ4v) is 4.38. The molecule has 32 heavy (non-hydrogen) atoms. The summed E-state index contributed by atoms with van der Waals surface area (Å²) in [5.74, 6) is 0.705. The minimum atomic E-state index is -0.114. The molecule has 0 bridgehead atoms. The average molecular weight is 428 g/mol. The van der Waals surface area contributed by atoms with Crippen molar-refractivity contribution in [1.29, 1.82) is 0 Å². The van der Waals surface area contributed by atoms with Gasteiger partial charge < -0.3 is 4.74 Å². The number of hydrogen-bond acceptors (Lipinski definition) is 5. The molecule has 0 amide bonds. The molecule has 8 nitrogen and oxygen atoms in total. The number of ether oxygens (including phenoxy) is 1. The Bertz CT molecular complexity index is 1560. The van der Waals surface area contributed by atoms with Crippen LogP contribution in [0.1, 0.15) is 18.1 Å². The number of imidazole rings is 1. The van der Waals surface area contributed by atoms with Crippen molar-refractivity contribution in [2.75, 3.05) is 7.11 Å². The van der Waals surface area contributed by atoms with E-state index < -0.39 is 0 Å². The van der Waals surface area contributed by atoms with Gasteiger partial charge in [0, 0.05) is 55.3 Å². The molecule has 0 fully saturated rings. The highest BCUT2D eigenvalue weighted by molar-refractivity contribution is 6.05. The Balaban J connectivity index is 1.96. The zero-order chi connectivity index (χ0) is 22.6. The number of aryl methyl sites for hydroxylation is 4. The van der Waals surface area contributed by atoms with E-state index in [0.29, 0.717) is 5.75 Å². The third-order valence-electron chi connectivity index (χ3n) is 6.00. The average Bonchev–Trinajstić information content (AvgIpc) is 3.34. The Morgan fingerprint density at radius 3 is 2.59 bits per heavy atom. The molecule has 0 radical (unpaired) electrons. The van der Waals surface area contributed by atoms with Crippen molar-refractivity contribution in [1.82, 2.24) is 28.9 Å². The topological polar surface area (TPSA) is 79.8 Å². The molecule has 0 atom stereocenters. The fourth-order valence-electron chi connectivity index (χ4n) is 4.38. The van der Waals surface area contributed by atoms with Gasteiger partial charge in [0.15, 0.2) is 0 Å². The molecule has 1 aromatic carbocycles. The van der Waals surface area contributed by atoms with Crippen molar-refractivity contribution < 1.29 is 4.74 Å². The predicted molar refractivity (Wildman–Crippen MR) is 124 cm³/mol. The summed E-state index contributed by atoms with van der Waals surface area (Å²) in [7, 11) is 5.30. The van der Waals surface area contributed by atoms with Gasteiger partial charge in [-0.05, 0) is 30.5 Å². The number of methoxy groups -OCH3 is 1. The van der Waals surface area contributed by atoms with Crippen LogP contribution in [0.3, 0.4) is 0 Å². The Labute approximate surface area is 184 Å². The van der Waals surface area contributed by atoms with Crippen LogP contribution < -0.4 is 10.4 Å². The van der Waals surface area contributed by atoms with E-state index >= 15 is 0 Å². The molecule has 0 aliphatic rings. The molecule has 0 unspecified atom stereocenters. The molecular weight excluding hydrogens is 404 g/mol. The van der Waals surface area contributed by atoms with Gasteiger partial charge in [-0.2, -0.15) is 5.10 Å². The van der Waals surface area contributed by atoms with Gasteiger partial charge in [-0.15, -0.1) is 0 Å². The highest BCUT2D eigenvalue weighted by Gasteiger charge is 2.21. The van der Waals surface area contributed by atoms with E-state index in [9.17, 15) is 4.79 Å². The molecular formula is C24H24N6O2. The third-order valence-corrected chi connectivity index (χ3v) is 6.00. The first-order chi connectivity index (χ1) is 15.4. The zero-order valence-corrected chi connectivity index (χ0v) is 18.7. The molecule has 5 rings (SSSR count). The maximum Gasteiger partial charge on any atom is 0.333 e. The van der Waals surface area contributed by atoms with E-state index in [1.165, 1.54) is 0 Å². The third kappa shape index (κ3) is 2.83. The molecule has 0 N–H and O–H groups in total. The van der Waals surface area contributed by atoms with E-state index in [-0.39, 0.29) is 5.69 Å². The predicted octanol–water partition coefficient (Wildman–Crippen LogP) is 3.55. The van der Waals surface area contributed by atoms with Crippen molar-refractivity contribution in [2.45, 2.75) is 20.3 Å². The van der Waals surface area contributed by atoms with Gasteiger partial charge >= 0.3 is 5.69 Å². The van der Waals surface area contributed by atoms with Gasteiger partial charge in [-0.25, -0.2) is 4.79 Å². The summed E-state index contributed by atoms with van der Waals surface area (Å²) in [4.78, 5) is 22.5. The molecule has 162 valence electrons. The lowest BCUT2D eigenvalue weighted by Gasteiger charge is -2.14. The standard InChI is InChI=1S/C24H24N6O2/c1-6-15-10-25-9-14(2)22(15)30-23-18-7-17(16-11-27-28(3)13-16)21(32-5)8-19(18)26-12-20(23)29(4)24(30)31/h7-13H,6H2,1-5H3. The number of fused-ring (bicyclic) bond motifs is 3. The van der Waals surface area contributed by atoms with Crippen LogP contribution in [-0.2, 0) is 20.5 Å². The highest BCUT2D eigenvalue weighted by Crippen LogP contribution is 2.36. The summed E-state index contributed by atoms with van der Waals surface area (Å²) >= 11 is 0. The summed E-state index contributed by atoms with van der Waals surface area (Å²) in [6.07, 6.45) is 9.90. The Morgan fingerprint density at radius 2 is 1.91 bits per heavy atom. The van der Waals surface area contributed by atoms with Crippen LogP contribution in [0.25, 0.3) is 38.8 Å². The summed E-state index contributed by atoms with van der Waals surface area (Å²) < 4.78 is 10.9. The second-order valence-corrected chi connectivity index (χ2v) is 7.96. The minimum absolute atomic E-state index is 0.114. The monoisotopic (exact) mass is 428 g/mol. The molecule has 0 saturated carbocycles. The second-order valence-electron chi connectivity index (χ2n) is 7.96. The molecule has 4 heterocycles. The molecule has 8 heteroatoms. The second kappa shape index (κ2) is 7.33. The first-order valence-corrected chi connectivity index (χ1v) is 10.5. The first kappa shape index (κ1) is 20.0. The largest absolute Gasteiger partial charge is 0.496 e. The van der Waals surface area contributed by atoms with Gasteiger partial charge in [0.25, 0.3) is 0 Å². The van der Waals surface area contributed by atoms with Crippen LogP contribution in [0.2, 0.25) is 0 Å². The van der Waals surface area contributed by atoms with E-state index in [1.54, 1.807) is 46.6 Å². The number of rotatable bonds is 4. The van der Waals surface area contributed by atoms with E-state index in [2.05, 4.69) is 22.0 Å². The summed E-state index contributed by atoms with van der Waals surface area (Å²) in [6.45, 7) is 4.06. The van der Waals surface area contributed by atoms with E-state index in [0.717, 1.165) is 56.3 Å². The lowest BCUT2D eigenvalue weighted by atomic mass is 10.0. The SMILES string of the molecule is CCc1cncc(C)c1-n1c(=O)n(C)c2cnc3cc(OC)c(-c4cnn(C)c4)cc3c21. The Morgan fingerprint density at radius 1 is 1.09 bits per heavy atom. The number of aromatic nitrogens is 6. The van der Waals surface area contributed by atoms with Gasteiger partial charge in [-0.1, -0.05) is 6.92 Å². The number of nitrogens with zero attached hydrogens (tertiary/aromatic N) is 6. The number of hydrogen-bond donors (Lipinski definition) is 0. The maximum absolute atomic E-state index is 13.5. The highest BCUT2D eigenvalue weighted by atomic mass is 16.5. The number of pyridine rings is 2. The van der Waals surface area contributed by atoms with Crippen LogP contribution in [0.15, 0.2) is 47.9 Å². The quantitative estimate of drug-likeness (QED) is 0.437. The van der Waals surface area contributed by atoms with Gasteiger partial charge in [-0.3, -0.25) is 23.8 Å². The van der Waals surface area contributed by atoms with Crippen LogP contribution in [0.4, 0.5) is 0 Å². The van der Waals surface area contributed by atoms with Crippen molar-refractivity contribution in [3.8, 4) is 22.6 Å². The molecule has 0 spiro atoms. The summed E-state index contributed by atoms with van der Waals surface area (Å²) in [5, 5.41) is 5.18. The molecule has 4 aromatic heterocycles. The van der Waals surface area contributed by atoms with Crippen LogP contribution in [0, 0.1) is 6.92 Å². The van der Waals surface area contributed by atoms with E-state index in [1.807, 2.05) is 38.5 Å². The van der Waals surface area contributed by atoms with Crippen LogP contribution >= 0.6 is 0 Å². The lowest BCUT2D eigenvalue weighted by molar-refractivity contribution is 0.417. The Kier molecular flexibility index (Phi) is 4.58. The summed E-state index contributed by atoms with van der Waals surface area (Å²) in [5.41, 5.74) is 6.90. The van der Waals surface area contributed by atoms with Gasteiger partial charge in [0.2, 0.25) is 0 Å². The molecule has 0 saturated heterocycles. The fraction of sp³-hybridized carbons (Fsp3) is 0.250. The van der Waals surface area contributed by atoms with Crippen molar-refractivity contribution in [2.24, 2.45) is 14.1 Å². The maximum atomic E-state index is 13.5. The van der Waals surface area contributed by atoms with Crippen LogP contribution in [-0.4, -0.2) is 36.0 Å². The molecule has 0 aliphatic heterocycles. The number of benzene rings is 1.